The van der Waals surface area contributed by atoms with Gasteiger partial charge >= 0.3 is 0 Å². The monoisotopic (exact) mass is 604 g/mol. The molecule has 0 aromatic heterocycles. The molecule has 0 spiro atoms. The van der Waals surface area contributed by atoms with Crippen molar-refractivity contribution < 1.29 is 44.3 Å². The molecule has 26 heavy (non-hydrogen) atoms. The molecule has 0 saturated heterocycles. The van der Waals surface area contributed by atoms with E-state index < -0.39 is 17.5 Å². The minimum Gasteiger partial charge on any atom is -0.204 e. The average molecular weight is 604 g/mol. The fraction of sp³-hybridized carbons (Fsp3) is 0.429. The van der Waals surface area contributed by atoms with Gasteiger partial charge in [0.1, 0.15) is 0 Å². The molecule has 0 nitrogen and oxygen atoms in total. The van der Waals surface area contributed by atoms with Crippen LogP contribution in [0.5, 0.6) is 0 Å². The Hall–Kier alpha value is -0.288. The molecule has 1 unspecified atom stereocenters. The number of hydrogen-bond donors (Lipinski definition) is 0. The molecule has 1 atom stereocenters. The number of benzene rings is 2. The standard InChI is InChI=1S/C19H19F3.C2H7P.U/c1-12-2-4-13(5-3-12)14-6-8-15(9-7-14)16-10-17(20)19(22)18(21)11-16;1-2-3;/h6-13H,2-5H2,1H3;2-3H2,1H3;. The molecule has 0 heterocycles. The summed E-state index contributed by atoms with van der Waals surface area (Å²) in [6, 6.07) is 9.84. The second-order valence-electron chi connectivity index (χ2n) is 6.74. The van der Waals surface area contributed by atoms with Crippen molar-refractivity contribution in [1.82, 2.24) is 0 Å². The smallest absolute Gasteiger partial charge is 0.194 e. The van der Waals surface area contributed by atoms with Gasteiger partial charge in [-0.2, -0.15) is 0 Å². The van der Waals surface area contributed by atoms with Crippen molar-refractivity contribution in [1.29, 1.82) is 0 Å². The molecular weight excluding hydrogens is 578 g/mol. The topological polar surface area (TPSA) is 0 Å². The van der Waals surface area contributed by atoms with Crippen molar-refractivity contribution in [2.45, 2.75) is 45.4 Å². The predicted molar refractivity (Wildman–Crippen MR) is 102 cm³/mol. The molecule has 1 aliphatic carbocycles. The molecule has 1 fully saturated rings. The summed E-state index contributed by atoms with van der Waals surface area (Å²) in [5.41, 5.74) is 2.34. The summed E-state index contributed by atoms with van der Waals surface area (Å²) in [6.07, 6.45) is 6.06. The van der Waals surface area contributed by atoms with Crippen LogP contribution < -0.4 is 0 Å². The third kappa shape index (κ3) is 6.40. The van der Waals surface area contributed by atoms with Crippen molar-refractivity contribution in [3.8, 4) is 11.1 Å². The quantitative estimate of drug-likeness (QED) is 0.257. The van der Waals surface area contributed by atoms with Crippen LogP contribution in [0.2, 0.25) is 0 Å². The van der Waals surface area contributed by atoms with Crippen molar-refractivity contribution >= 4 is 9.24 Å². The molecule has 1 saturated carbocycles. The van der Waals surface area contributed by atoms with Crippen LogP contribution in [-0.2, 0) is 0 Å². The van der Waals surface area contributed by atoms with Crippen LogP contribution >= 0.6 is 9.24 Å². The summed E-state index contributed by atoms with van der Waals surface area (Å²) in [6.45, 7) is 4.38. The Balaban J connectivity index is 0.000000791. The van der Waals surface area contributed by atoms with E-state index in [1.807, 2.05) is 24.3 Å². The Labute approximate surface area is 180 Å². The minimum atomic E-state index is -1.42. The predicted octanol–water partition coefficient (Wildman–Crippen LogP) is 6.95. The van der Waals surface area contributed by atoms with E-state index >= 15 is 0 Å². The maximum Gasteiger partial charge on any atom is 0.194 e. The SMILES string of the molecule is CC1CCC(c2ccc(-c3cc(F)c(F)c(F)c3)cc2)CC1.CCP.[U]. The summed E-state index contributed by atoms with van der Waals surface area (Å²) in [4.78, 5) is 0. The fourth-order valence-electron chi connectivity index (χ4n) is 3.26. The van der Waals surface area contributed by atoms with Gasteiger partial charge in [-0.05, 0) is 59.7 Å². The molecule has 0 radical (unpaired) electrons. The van der Waals surface area contributed by atoms with E-state index in [1.165, 1.54) is 37.4 Å². The van der Waals surface area contributed by atoms with Gasteiger partial charge < -0.3 is 0 Å². The first-order valence-corrected chi connectivity index (χ1v) is 9.72. The molecule has 0 N–H and O–H groups in total. The van der Waals surface area contributed by atoms with Crippen LogP contribution in [-0.4, -0.2) is 6.16 Å². The van der Waals surface area contributed by atoms with Crippen LogP contribution in [0.3, 0.4) is 0 Å². The molecule has 0 bridgehead atoms. The van der Waals surface area contributed by atoms with Gasteiger partial charge in [-0.3, -0.25) is 0 Å². The van der Waals surface area contributed by atoms with E-state index in [2.05, 4.69) is 23.1 Å². The Kier molecular flexibility index (Phi) is 10.5. The van der Waals surface area contributed by atoms with Gasteiger partial charge in [0.05, 0.1) is 0 Å². The molecule has 2 aromatic rings. The fourth-order valence-corrected chi connectivity index (χ4v) is 3.26. The zero-order valence-corrected chi connectivity index (χ0v) is 20.7. The van der Waals surface area contributed by atoms with Crippen molar-refractivity contribution in [2.24, 2.45) is 5.92 Å². The Morgan fingerprint density at radius 3 is 1.81 bits per heavy atom. The minimum absolute atomic E-state index is 0. The van der Waals surface area contributed by atoms with Gasteiger partial charge in [0, 0.05) is 31.1 Å². The Bertz CT molecular complexity index is 657. The van der Waals surface area contributed by atoms with Crippen LogP contribution in [0.15, 0.2) is 36.4 Å². The zero-order chi connectivity index (χ0) is 18.4. The van der Waals surface area contributed by atoms with Crippen LogP contribution in [0, 0.1) is 54.5 Å². The molecule has 140 valence electrons. The van der Waals surface area contributed by atoms with Crippen molar-refractivity contribution in [3.63, 3.8) is 0 Å². The van der Waals surface area contributed by atoms with Gasteiger partial charge in [-0.1, -0.05) is 51.0 Å². The van der Waals surface area contributed by atoms with Gasteiger partial charge in [0.25, 0.3) is 0 Å². The van der Waals surface area contributed by atoms with E-state index in [9.17, 15) is 13.2 Å². The van der Waals surface area contributed by atoms with E-state index in [-0.39, 0.29) is 31.1 Å². The van der Waals surface area contributed by atoms with E-state index in [4.69, 9.17) is 0 Å². The number of halogens is 3. The summed E-state index contributed by atoms with van der Waals surface area (Å²) in [7, 11) is 2.58. The Morgan fingerprint density at radius 2 is 1.35 bits per heavy atom. The van der Waals surface area contributed by atoms with Crippen LogP contribution in [0.4, 0.5) is 13.2 Å². The van der Waals surface area contributed by atoms with Crippen LogP contribution in [0.25, 0.3) is 11.1 Å². The third-order valence-electron chi connectivity index (χ3n) is 4.72. The number of rotatable bonds is 2. The summed E-state index contributed by atoms with van der Waals surface area (Å²) >= 11 is 0. The van der Waals surface area contributed by atoms with Gasteiger partial charge in [0.15, 0.2) is 17.5 Å². The largest absolute Gasteiger partial charge is 0.204 e. The zero-order valence-electron chi connectivity index (χ0n) is 15.4. The molecule has 1 aliphatic rings. The summed E-state index contributed by atoms with van der Waals surface area (Å²) in [5.74, 6) is -2.34. The molecule has 0 aliphatic heterocycles. The first kappa shape index (κ1) is 23.8. The molecule has 0 amide bonds. The van der Waals surface area contributed by atoms with Gasteiger partial charge in [0.2, 0.25) is 0 Å². The maximum atomic E-state index is 13.3. The average Bonchev–Trinajstić information content (AvgIpc) is 2.61. The van der Waals surface area contributed by atoms with Crippen molar-refractivity contribution in [3.05, 3.63) is 59.4 Å². The van der Waals surface area contributed by atoms with Gasteiger partial charge in [-0.15, -0.1) is 9.24 Å². The molecular formula is C21H26F3PU. The second kappa shape index (κ2) is 11.5. The van der Waals surface area contributed by atoms with E-state index in [0.717, 1.165) is 18.1 Å². The van der Waals surface area contributed by atoms with Crippen LogP contribution in [0.1, 0.15) is 51.0 Å². The summed E-state index contributed by atoms with van der Waals surface area (Å²) in [5, 5.41) is 0. The first-order valence-electron chi connectivity index (χ1n) is 8.91. The summed E-state index contributed by atoms with van der Waals surface area (Å²) < 4.78 is 39.6. The van der Waals surface area contributed by atoms with Gasteiger partial charge in [-0.25, -0.2) is 13.2 Å². The molecule has 2 aromatic carbocycles. The first-order chi connectivity index (χ1) is 12.0. The second-order valence-corrected chi connectivity index (χ2v) is 7.56. The van der Waals surface area contributed by atoms with E-state index in [1.54, 1.807) is 0 Å². The number of hydrogen-bond acceptors (Lipinski definition) is 0. The maximum absolute atomic E-state index is 13.3. The van der Waals surface area contributed by atoms with E-state index in [0.29, 0.717) is 17.0 Å². The Morgan fingerprint density at radius 1 is 0.885 bits per heavy atom. The third-order valence-corrected chi connectivity index (χ3v) is 4.72. The molecule has 5 heteroatoms. The molecule has 3 rings (SSSR count). The van der Waals surface area contributed by atoms with Crippen molar-refractivity contribution in [2.75, 3.05) is 6.16 Å². The normalized spacial score (nSPS) is 19.2.